The monoisotopic (exact) mass is 1010 g/mol. The standard InChI is InChI=1S/C72H48BN3O3/c1-38(2)43-33-61-69-65(34-43)77-64-27-22-42(66-40(4)30-39(3)31-41(66)5)32-54(64)73(69)55-37-53-52-36-45(75-58-20-12-8-16-48(58)49-17-9-13-21-59(49)75)24-29-63(52)79-72(53)68-67-60(76(61)70(55)68)26-25-50-51-35-44(23-28-62(51)78-71(50)67)74-56-18-10-6-14-46(56)47-15-7-11-19-57(47)74/h6-38H,1-5H3. The van der Waals surface area contributed by atoms with E-state index in [1.54, 1.807) is 0 Å². The third-order valence-corrected chi connectivity index (χ3v) is 17.9. The Hall–Kier alpha value is -9.72. The average molecular weight is 1010 g/mol. The van der Waals surface area contributed by atoms with Crippen LogP contribution in [0.15, 0.2) is 203 Å². The maximum absolute atomic E-state index is 7.38. The molecule has 372 valence electrons. The van der Waals surface area contributed by atoms with Crippen molar-refractivity contribution in [1.29, 1.82) is 0 Å². The van der Waals surface area contributed by atoms with Crippen LogP contribution in [0.4, 0.5) is 0 Å². The molecule has 79 heavy (non-hydrogen) atoms. The van der Waals surface area contributed by atoms with Crippen LogP contribution in [0.1, 0.15) is 42.0 Å². The number of hydrogen-bond donors (Lipinski definition) is 0. The molecule has 0 saturated heterocycles. The molecule has 0 radical (unpaired) electrons. The van der Waals surface area contributed by atoms with Crippen LogP contribution in [0, 0.1) is 20.8 Å². The Balaban J connectivity index is 0.976. The number of hydrogen-bond acceptors (Lipinski definition) is 3. The molecule has 2 aliphatic rings. The van der Waals surface area contributed by atoms with Gasteiger partial charge in [0.05, 0.1) is 43.9 Å². The third-order valence-electron chi connectivity index (χ3n) is 17.9. The number of benzene rings is 11. The van der Waals surface area contributed by atoms with Crippen molar-refractivity contribution in [3.05, 3.63) is 216 Å². The molecule has 0 atom stereocenters. The van der Waals surface area contributed by atoms with Gasteiger partial charge in [0.15, 0.2) is 0 Å². The average Bonchev–Trinajstić information content (AvgIpc) is 4.48. The lowest BCUT2D eigenvalue weighted by Gasteiger charge is -2.34. The van der Waals surface area contributed by atoms with Crippen LogP contribution in [-0.2, 0) is 0 Å². The highest BCUT2D eigenvalue weighted by Gasteiger charge is 2.43. The minimum Gasteiger partial charge on any atom is -0.458 e. The summed E-state index contributed by atoms with van der Waals surface area (Å²) in [5.74, 6) is 2.05. The highest BCUT2D eigenvalue weighted by atomic mass is 16.5. The highest BCUT2D eigenvalue weighted by molar-refractivity contribution is 6.99. The lowest BCUT2D eigenvalue weighted by molar-refractivity contribution is 0.486. The molecule has 18 rings (SSSR count). The molecule has 0 bridgehead atoms. The highest BCUT2D eigenvalue weighted by Crippen LogP contribution is 2.48. The van der Waals surface area contributed by atoms with E-state index in [2.05, 4.69) is 242 Å². The Morgan fingerprint density at radius 1 is 0.418 bits per heavy atom. The summed E-state index contributed by atoms with van der Waals surface area (Å²) in [5.41, 5.74) is 24.6. The van der Waals surface area contributed by atoms with Gasteiger partial charge in [-0.05, 0) is 162 Å². The van der Waals surface area contributed by atoms with Crippen molar-refractivity contribution < 1.29 is 13.6 Å². The van der Waals surface area contributed by atoms with Crippen molar-refractivity contribution in [3.63, 3.8) is 0 Å². The van der Waals surface area contributed by atoms with E-state index >= 15 is 0 Å². The summed E-state index contributed by atoms with van der Waals surface area (Å²) in [7, 11) is 0. The van der Waals surface area contributed by atoms with Crippen molar-refractivity contribution in [3.8, 4) is 39.7 Å². The second-order valence-corrected chi connectivity index (χ2v) is 22.7. The molecule has 6 nitrogen and oxygen atoms in total. The van der Waals surface area contributed by atoms with Crippen LogP contribution in [0.2, 0.25) is 0 Å². The molecule has 5 aromatic heterocycles. The fourth-order valence-electron chi connectivity index (χ4n) is 14.7. The first-order valence-electron chi connectivity index (χ1n) is 27.6. The maximum Gasteiger partial charge on any atom is 0.256 e. The van der Waals surface area contributed by atoms with Crippen LogP contribution in [0.3, 0.4) is 0 Å². The number of furan rings is 2. The van der Waals surface area contributed by atoms with Crippen LogP contribution in [0.5, 0.6) is 11.5 Å². The minimum absolute atomic E-state index is 0.157. The van der Waals surface area contributed by atoms with E-state index in [0.717, 1.165) is 99.7 Å². The molecule has 0 spiro atoms. The fourth-order valence-corrected chi connectivity index (χ4v) is 14.7. The molecule has 11 aromatic carbocycles. The summed E-state index contributed by atoms with van der Waals surface area (Å²) in [4.78, 5) is 0. The Kier molecular flexibility index (Phi) is 8.39. The minimum atomic E-state index is -0.157. The van der Waals surface area contributed by atoms with Gasteiger partial charge in [0.25, 0.3) is 6.71 Å². The van der Waals surface area contributed by atoms with Gasteiger partial charge in [-0.15, -0.1) is 0 Å². The number of ether oxygens (including phenoxy) is 1. The summed E-state index contributed by atoms with van der Waals surface area (Å²) < 4.78 is 29.2. The molecule has 0 saturated carbocycles. The van der Waals surface area contributed by atoms with Gasteiger partial charge in [-0.2, -0.15) is 0 Å². The second-order valence-electron chi connectivity index (χ2n) is 22.7. The van der Waals surface area contributed by atoms with Crippen LogP contribution < -0.4 is 21.1 Å². The molecule has 0 amide bonds. The van der Waals surface area contributed by atoms with E-state index in [-0.39, 0.29) is 12.6 Å². The quantitative estimate of drug-likeness (QED) is 0.165. The van der Waals surface area contributed by atoms with Gasteiger partial charge in [0.1, 0.15) is 33.8 Å². The van der Waals surface area contributed by atoms with Gasteiger partial charge >= 0.3 is 0 Å². The first kappa shape index (κ1) is 43.4. The first-order valence-corrected chi connectivity index (χ1v) is 27.6. The molecule has 0 aliphatic carbocycles. The Morgan fingerprint density at radius 3 is 1.56 bits per heavy atom. The molecule has 0 unspecified atom stereocenters. The Labute approximate surface area is 453 Å². The molecule has 2 aliphatic heterocycles. The summed E-state index contributed by atoms with van der Waals surface area (Å²) in [6, 6.07) is 71.6. The predicted molar refractivity (Wildman–Crippen MR) is 329 cm³/mol. The summed E-state index contributed by atoms with van der Waals surface area (Å²) in [5, 5.41) is 11.3. The van der Waals surface area contributed by atoms with E-state index in [0.29, 0.717) is 0 Å². The van der Waals surface area contributed by atoms with Gasteiger partial charge in [-0.25, -0.2) is 0 Å². The molecule has 7 heteroatoms. The summed E-state index contributed by atoms with van der Waals surface area (Å²) >= 11 is 0. The molecular weight excluding hydrogens is 966 g/mol. The predicted octanol–water partition coefficient (Wildman–Crippen LogP) is 17.4. The topological polar surface area (TPSA) is 50.3 Å². The number of rotatable bonds is 4. The van der Waals surface area contributed by atoms with Crippen LogP contribution >= 0.6 is 0 Å². The van der Waals surface area contributed by atoms with E-state index in [1.165, 1.54) is 87.9 Å². The van der Waals surface area contributed by atoms with Crippen LogP contribution in [0.25, 0.3) is 137 Å². The first-order chi connectivity index (χ1) is 38.7. The fraction of sp³-hybridized carbons (Fsp3) is 0.0833. The largest absolute Gasteiger partial charge is 0.458 e. The normalized spacial score (nSPS) is 13.1. The van der Waals surface area contributed by atoms with E-state index in [4.69, 9.17) is 13.6 Å². The van der Waals surface area contributed by atoms with Gasteiger partial charge in [-0.3, -0.25) is 0 Å². The van der Waals surface area contributed by atoms with E-state index < -0.39 is 0 Å². The Morgan fingerprint density at radius 2 is 0.975 bits per heavy atom. The number of para-hydroxylation sites is 4. The van der Waals surface area contributed by atoms with E-state index in [9.17, 15) is 0 Å². The molecule has 16 aromatic rings. The molecule has 0 N–H and O–H groups in total. The zero-order valence-electron chi connectivity index (χ0n) is 44.2. The zero-order valence-corrected chi connectivity index (χ0v) is 44.2. The lowest BCUT2D eigenvalue weighted by atomic mass is 9.34. The lowest BCUT2D eigenvalue weighted by Crippen LogP contribution is -2.58. The van der Waals surface area contributed by atoms with Crippen molar-refractivity contribution >= 4 is 132 Å². The number of aryl methyl sites for hydroxylation is 3. The van der Waals surface area contributed by atoms with Gasteiger partial charge in [0.2, 0.25) is 0 Å². The Bertz CT molecular complexity index is 5310. The van der Waals surface area contributed by atoms with Crippen LogP contribution in [-0.4, -0.2) is 20.4 Å². The second kappa shape index (κ2) is 15.3. The summed E-state index contributed by atoms with van der Waals surface area (Å²) in [6.07, 6.45) is 0. The third kappa shape index (κ3) is 5.66. The number of fused-ring (bicyclic) bond motifs is 21. The van der Waals surface area contributed by atoms with Gasteiger partial charge in [0, 0.05) is 60.2 Å². The van der Waals surface area contributed by atoms with Crippen molar-refractivity contribution in [1.82, 2.24) is 13.7 Å². The SMILES string of the molecule is Cc1cc(C)c(-c2ccc3c(c2)B2c4c(cc(C(C)C)cc4-n4c5ccc6c7cc(-n8c9ccccc9c9ccccc98)ccc7oc6c5c5c6oc7ccc(-n8c9ccccc9c9ccccc98)cc7c6cc2c54)O3)c(C)c1. The van der Waals surface area contributed by atoms with Gasteiger partial charge in [-0.1, -0.05) is 123 Å². The zero-order chi connectivity index (χ0) is 52.3. The molecule has 0 fully saturated rings. The summed E-state index contributed by atoms with van der Waals surface area (Å²) in [6.45, 7) is 11.1. The van der Waals surface area contributed by atoms with E-state index in [1.807, 2.05) is 0 Å². The van der Waals surface area contributed by atoms with Crippen molar-refractivity contribution in [2.75, 3.05) is 0 Å². The van der Waals surface area contributed by atoms with Gasteiger partial charge < -0.3 is 27.3 Å². The number of aromatic nitrogens is 3. The molecular formula is C72H48BN3O3. The van der Waals surface area contributed by atoms with Crippen molar-refractivity contribution in [2.45, 2.75) is 40.5 Å². The number of nitrogens with zero attached hydrogens (tertiary/aromatic N) is 3. The smallest absolute Gasteiger partial charge is 0.256 e. The molecule has 7 heterocycles. The van der Waals surface area contributed by atoms with Crippen molar-refractivity contribution in [2.24, 2.45) is 0 Å². The maximum atomic E-state index is 7.38.